The third kappa shape index (κ3) is 28.5. The Hall–Kier alpha value is -13.8. The average molecular weight is 1860 g/mol. The molecule has 12 aromatic heterocycles. The van der Waals surface area contributed by atoms with Crippen molar-refractivity contribution in [2.24, 2.45) is 40.4 Å². The summed E-state index contributed by atoms with van der Waals surface area (Å²) in [6, 6.07) is 42.4. The number of hydrogen-bond donors (Lipinski definition) is 6. The lowest BCUT2D eigenvalue weighted by molar-refractivity contribution is -0.116. The van der Waals surface area contributed by atoms with Crippen LogP contribution in [-0.4, -0.2) is 99.0 Å². The molecule has 0 unspecified atom stereocenters. The number of amides is 2. The first-order valence-corrected chi connectivity index (χ1v) is 49.0. The Morgan fingerprint density at radius 1 is 0.355 bits per heavy atom. The van der Waals surface area contributed by atoms with Gasteiger partial charge in [0.1, 0.15) is 33.1 Å². The van der Waals surface area contributed by atoms with E-state index in [4.69, 9.17) is 18.1 Å². The lowest BCUT2D eigenvalue weighted by Crippen LogP contribution is -2.22. The van der Waals surface area contributed by atoms with E-state index in [0.717, 1.165) is 232 Å². The van der Waals surface area contributed by atoms with Crippen molar-refractivity contribution >= 4 is 126 Å². The molecule has 6 N–H and O–H groups in total. The quantitative estimate of drug-likeness (QED) is 0.0228. The van der Waals surface area contributed by atoms with Crippen LogP contribution >= 0.6 is 0 Å². The standard InChI is InChI=1S/C20H22N4O.C20H24N4O.C18H23N5.C18H28N4.C17H21N5.C17H26N4/c1-14-10-12-17-19(21-14)24(16-8-5-9-16)20(22-17)23-18(25)13-11-15-6-3-2-4-7-15;1-13(2)12-24-19-17(10-7-15(4)21-19)22-20(24)23-18(25)11-16-8-5-14(3)6-9-16;1-12(11-18(2,3)4)20-17-21-14-9-10-15(19-5)22-16(14)23(17)13-7-6-8-13;1-12(2)11-22-16-15(9-8-13(3)19-16)21-17(22)20-14(4)10-18(5,6)7;1-11(2)10-12(3)19-17-20-14-8-9-15(18-4)21-16(14)22(17)13-6-5-7-13;1-11(2)9-14(6)19-17-20-15-8-7-13(5)18-16(15)21(17)10-12(3)4/h2-4,6-7,10,12,16H,5,8-9,11,13H2,1H3,(H,22,23,25);5-10,13H,11-12H2,1-4H3,(H,22,23,25);9-10,13H,1,6-8,11H2,2-4H3,(H,20,21);8-9,12H,4,10-11H2,1-3,5-7H3,(H,20,21);8-9,11,13H,3,5-7,10H2,1-2H3,(H,19,20);7-8,11-12H,6,9-10H2,1-5H3,(H,19,20). The van der Waals surface area contributed by atoms with Gasteiger partial charge in [-0.15, -0.1) is 0 Å². The maximum atomic E-state index is 12.5. The fraction of sp³-hybridized carbons (Fsp3) is 0.455. The molecule has 0 saturated heterocycles. The molecule has 3 aliphatic carbocycles. The lowest BCUT2D eigenvalue weighted by atomic mass is 9.91. The van der Waals surface area contributed by atoms with Gasteiger partial charge in [-0.1, -0.05) is 220 Å². The Balaban J connectivity index is 0.000000149. The van der Waals surface area contributed by atoms with Gasteiger partial charge in [0.05, 0.1) is 6.42 Å². The van der Waals surface area contributed by atoms with Crippen LogP contribution in [0.4, 0.5) is 47.3 Å². The molecule has 3 aliphatic rings. The summed E-state index contributed by atoms with van der Waals surface area (Å²) in [5, 5.41) is 19.5. The Morgan fingerprint density at radius 2 is 0.659 bits per heavy atom. The number of pyridine rings is 6. The lowest BCUT2D eigenvalue weighted by Gasteiger charge is -2.28. The molecule has 17 rings (SSSR count). The van der Waals surface area contributed by atoms with Gasteiger partial charge in [-0.3, -0.25) is 47.6 Å². The highest BCUT2D eigenvalue weighted by atomic mass is 16.2. The van der Waals surface area contributed by atoms with Gasteiger partial charge in [0.15, 0.2) is 22.6 Å². The number of carbonyl (C=O) groups is 2. The number of aryl methyl sites for hydroxylation is 6. The van der Waals surface area contributed by atoms with Crippen LogP contribution in [0.3, 0.4) is 0 Å². The van der Waals surface area contributed by atoms with Crippen molar-refractivity contribution in [3.05, 3.63) is 239 Å². The van der Waals surface area contributed by atoms with Crippen LogP contribution in [0, 0.1) is 88.2 Å². The predicted molar refractivity (Wildman–Crippen MR) is 565 cm³/mol. The van der Waals surface area contributed by atoms with Crippen LogP contribution in [0.25, 0.3) is 76.7 Å². The maximum absolute atomic E-state index is 12.5. The number of hydrogen-bond acceptors (Lipinski definition) is 18. The van der Waals surface area contributed by atoms with E-state index in [2.05, 4.69) is 256 Å². The number of benzene rings is 2. The van der Waals surface area contributed by atoms with Crippen LogP contribution in [-0.2, 0) is 42.1 Å². The second-order valence-electron chi connectivity index (χ2n) is 41.7. The summed E-state index contributed by atoms with van der Waals surface area (Å²) in [7, 11) is 0. The molecule has 28 heteroatoms. The monoisotopic (exact) mass is 1860 g/mol. The highest BCUT2D eigenvalue weighted by Crippen LogP contribution is 2.42. The van der Waals surface area contributed by atoms with Gasteiger partial charge in [0.25, 0.3) is 22.9 Å². The summed E-state index contributed by atoms with van der Waals surface area (Å²) in [6.07, 6.45) is 15.6. The first-order chi connectivity index (χ1) is 65.6. The third-order valence-electron chi connectivity index (χ3n) is 23.5. The summed E-state index contributed by atoms with van der Waals surface area (Å²) in [4.78, 5) is 87.2. The van der Waals surface area contributed by atoms with E-state index in [-0.39, 0.29) is 22.6 Å². The van der Waals surface area contributed by atoms with Gasteiger partial charge >= 0.3 is 0 Å². The van der Waals surface area contributed by atoms with Crippen molar-refractivity contribution < 1.29 is 9.59 Å². The average Bonchev–Trinajstić information content (AvgIpc) is 1.62. The van der Waals surface area contributed by atoms with Gasteiger partial charge in [-0.25, -0.2) is 49.8 Å². The highest BCUT2D eigenvalue weighted by molar-refractivity contribution is 5.93. The number of allylic oxidation sites excluding steroid dienone is 4. The Kier molecular flexibility index (Phi) is 34.7. The summed E-state index contributed by atoms with van der Waals surface area (Å²) in [6.45, 7) is 78.4. The summed E-state index contributed by atoms with van der Waals surface area (Å²) >= 11 is 0. The normalized spacial score (nSPS) is 13.2. The Labute approximate surface area is 815 Å². The minimum atomic E-state index is -0.0686. The molecule has 0 atom stereocenters. The molecular formula is C110H144N26O2. The van der Waals surface area contributed by atoms with E-state index >= 15 is 0 Å². The fourth-order valence-corrected chi connectivity index (χ4v) is 16.8. The number of imidazole rings is 6. The van der Waals surface area contributed by atoms with Crippen molar-refractivity contribution in [2.75, 3.05) is 31.9 Å². The molecule has 3 fully saturated rings. The maximum Gasteiger partial charge on any atom is 0.271 e. The summed E-state index contributed by atoms with van der Waals surface area (Å²) < 4.78 is 12.8. The first kappa shape index (κ1) is 103. The van der Waals surface area contributed by atoms with Crippen LogP contribution in [0.5, 0.6) is 0 Å². The van der Waals surface area contributed by atoms with E-state index in [9.17, 15) is 9.59 Å². The second kappa shape index (κ2) is 46.4. The zero-order chi connectivity index (χ0) is 99.6. The van der Waals surface area contributed by atoms with Gasteiger partial charge < -0.3 is 31.0 Å². The van der Waals surface area contributed by atoms with E-state index in [1.807, 2.05) is 154 Å². The molecule has 0 aliphatic heterocycles. The van der Waals surface area contributed by atoms with Crippen molar-refractivity contribution in [1.29, 1.82) is 0 Å². The van der Waals surface area contributed by atoms with Gasteiger partial charge in [-0.05, 0) is 249 Å². The highest BCUT2D eigenvalue weighted by Gasteiger charge is 2.32. The molecule has 0 spiro atoms. The molecule has 138 heavy (non-hydrogen) atoms. The van der Waals surface area contributed by atoms with Crippen molar-refractivity contribution in [3.63, 3.8) is 0 Å². The summed E-state index contributed by atoms with van der Waals surface area (Å²) in [5.41, 5.74) is 21.9. The molecule has 2 aromatic carbocycles. The molecule has 12 heterocycles. The second-order valence-corrected chi connectivity index (χ2v) is 41.7. The first-order valence-electron chi connectivity index (χ1n) is 49.0. The zero-order valence-corrected chi connectivity index (χ0v) is 85.3. The number of nitrogens with zero attached hydrogens (tertiary/aromatic N) is 20. The van der Waals surface area contributed by atoms with Gasteiger partial charge in [0.2, 0.25) is 47.5 Å². The minimum absolute atomic E-state index is 0.00328. The number of fused-ring (bicyclic) bond motifs is 6. The minimum Gasteiger partial charge on any atom is -0.361 e. The Morgan fingerprint density at radius 3 is 1.00 bits per heavy atom. The molecule has 0 radical (unpaired) electrons. The summed E-state index contributed by atoms with van der Waals surface area (Å²) in [5.74, 6) is 7.87. The zero-order valence-electron chi connectivity index (χ0n) is 85.3. The van der Waals surface area contributed by atoms with Crippen molar-refractivity contribution in [2.45, 2.75) is 286 Å². The van der Waals surface area contributed by atoms with E-state index in [1.54, 1.807) is 12.1 Å². The molecule has 14 aromatic rings. The predicted octanol–water partition coefficient (Wildman–Crippen LogP) is 26.8. The van der Waals surface area contributed by atoms with Gasteiger partial charge in [0, 0.05) is 89.7 Å². The molecule has 3 saturated carbocycles. The van der Waals surface area contributed by atoms with E-state index in [1.165, 1.54) is 30.4 Å². The number of rotatable bonds is 30. The smallest absolute Gasteiger partial charge is 0.271 e. The molecule has 28 nitrogen and oxygen atoms in total. The largest absolute Gasteiger partial charge is 0.361 e. The number of aromatic nitrogens is 18. The molecule has 726 valence electrons. The van der Waals surface area contributed by atoms with Crippen LogP contribution in [0.15, 0.2) is 176 Å². The Bertz CT molecular complexity index is 6710. The number of anilines is 6. The molecule has 0 bridgehead atoms. The van der Waals surface area contributed by atoms with Crippen LogP contribution < -0.4 is 31.9 Å². The third-order valence-corrected chi connectivity index (χ3v) is 23.5. The van der Waals surface area contributed by atoms with Crippen LogP contribution in [0.1, 0.15) is 258 Å². The fourth-order valence-electron chi connectivity index (χ4n) is 16.8. The van der Waals surface area contributed by atoms with Gasteiger partial charge in [-0.2, -0.15) is 0 Å². The molecule has 2 amide bonds. The number of carbonyl (C=O) groups excluding carboxylic acids is 2. The van der Waals surface area contributed by atoms with E-state index < -0.39 is 0 Å². The topological polar surface area (TPSA) is 299 Å². The van der Waals surface area contributed by atoms with E-state index in [0.29, 0.717) is 84.1 Å². The number of nitrogens with one attached hydrogen (secondary N) is 6. The van der Waals surface area contributed by atoms with Crippen LogP contribution in [0.2, 0.25) is 0 Å². The SMILES string of the molecule is C=C(CC(C)(C)C)Nc1nc2ccc(C)nc2n1CC(C)C.C=C(CC(C)C)Nc1nc2ccc(C)nc2n1CC(C)C.Cc1ccc(CC(=O)Nc2nc3ccc(C)nc3n2CC(C)C)cc1.Cc1ccc2nc(NC(=O)CCc3ccccc3)n(C3CCC3)c2n1.[C-]#[N+]c1ccc2nc(NC(=C)CC(C)(C)C)n(C3CCC3)c2n1.[C-]#[N+]c1ccc2nc(NC(=C)CC(C)C)n(C3CCC3)c2n1. The molecular weight excluding hydrogens is 1720 g/mol. The van der Waals surface area contributed by atoms with Crippen molar-refractivity contribution in [3.8, 4) is 0 Å². The van der Waals surface area contributed by atoms with Crippen molar-refractivity contribution in [1.82, 2.24) is 87.2 Å².